The van der Waals surface area contributed by atoms with Crippen LogP contribution in [0, 0.1) is 6.92 Å². The van der Waals surface area contributed by atoms with E-state index in [0.717, 1.165) is 5.56 Å². The molecule has 0 fully saturated rings. The second-order valence-corrected chi connectivity index (χ2v) is 3.14. The van der Waals surface area contributed by atoms with Crippen LogP contribution in [-0.2, 0) is 22.4 Å². The Hall–Kier alpha value is -1.16. The van der Waals surface area contributed by atoms with E-state index in [-0.39, 0.29) is 28.3 Å². The van der Waals surface area contributed by atoms with Gasteiger partial charge in [0, 0.05) is 40.3 Å². The summed E-state index contributed by atoms with van der Waals surface area (Å²) in [6, 6.07) is 7.48. The number of rotatable bonds is 1. The molecule has 0 aliphatic heterocycles. The Kier molecular flexibility index (Phi) is 4.03. The van der Waals surface area contributed by atoms with Gasteiger partial charge in [0.1, 0.15) is 6.33 Å². The topological polar surface area (TPSA) is 34.9 Å². The Morgan fingerprint density at radius 3 is 2.47 bits per heavy atom. The third-order valence-corrected chi connectivity index (χ3v) is 2.04. The Morgan fingerprint density at radius 2 is 1.93 bits per heavy atom. The molecular weight excluding hydrogens is 284 g/mol. The van der Waals surface area contributed by atoms with Gasteiger partial charge in [0.25, 0.3) is 5.91 Å². The van der Waals surface area contributed by atoms with E-state index in [4.69, 9.17) is 0 Å². The van der Waals surface area contributed by atoms with Gasteiger partial charge in [-0.15, -0.1) is 0 Å². The van der Waals surface area contributed by atoms with Gasteiger partial charge in [0.2, 0.25) is 0 Å². The monoisotopic (exact) mass is 293 g/mol. The molecule has 2 aromatic rings. The number of carbonyl (C=O) groups is 1. The second-order valence-electron chi connectivity index (χ2n) is 3.14. The minimum absolute atomic E-state index is 0. The quantitative estimate of drug-likeness (QED) is 0.753. The standard InChI is InChI=1S/C11H10N2O.Ag/c1-9-2-4-10(5-3-9)11(14)13-7-6-12-8-13;/h2-8H,1H3;. The maximum Gasteiger partial charge on any atom is 0.263 e. The molecule has 0 aliphatic rings. The second kappa shape index (κ2) is 5.07. The van der Waals surface area contributed by atoms with Gasteiger partial charge in [0.15, 0.2) is 0 Å². The number of carbonyl (C=O) groups excluding carboxylic acids is 1. The molecule has 0 unspecified atom stereocenters. The number of aryl methyl sites for hydroxylation is 1. The zero-order chi connectivity index (χ0) is 9.97. The minimum atomic E-state index is -0.0532. The van der Waals surface area contributed by atoms with Crippen molar-refractivity contribution in [3.63, 3.8) is 0 Å². The summed E-state index contributed by atoms with van der Waals surface area (Å²) >= 11 is 0. The first-order chi connectivity index (χ1) is 6.77. The van der Waals surface area contributed by atoms with Crippen LogP contribution in [0.15, 0.2) is 43.0 Å². The van der Waals surface area contributed by atoms with E-state index in [9.17, 15) is 4.79 Å². The van der Waals surface area contributed by atoms with Crippen LogP contribution >= 0.6 is 0 Å². The molecule has 0 saturated carbocycles. The van der Waals surface area contributed by atoms with Crippen LogP contribution in [0.5, 0.6) is 0 Å². The van der Waals surface area contributed by atoms with E-state index >= 15 is 0 Å². The van der Waals surface area contributed by atoms with Crippen molar-refractivity contribution in [2.75, 3.05) is 0 Å². The van der Waals surface area contributed by atoms with Crippen LogP contribution < -0.4 is 0 Å². The molecule has 3 nitrogen and oxygen atoms in total. The number of imidazole rings is 1. The fourth-order valence-corrected chi connectivity index (χ4v) is 1.22. The van der Waals surface area contributed by atoms with Crippen molar-refractivity contribution in [1.29, 1.82) is 0 Å². The maximum atomic E-state index is 11.7. The number of hydrogen-bond acceptors (Lipinski definition) is 2. The van der Waals surface area contributed by atoms with Crippen molar-refractivity contribution in [3.8, 4) is 0 Å². The first-order valence-corrected chi connectivity index (χ1v) is 4.37. The molecule has 0 saturated heterocycles. The molecule has 1 aromatic carbocycles. The number of aromatic nitrogens is 2. The summed E-state index contributed by atoms with van der Waals surface area (Å²) < 4.78 is 1.46. The summed E-state index contributed by atoms with van der Waals surface area (Å²) in [4.78, 5) is 15.6. The maximum absolute atomic E-state index is 11.7. The normalized spacial score (nSPS) is 9.40. The van der Waals surface area contributed by atoms with Gasteiger partial charge in [0.05, 0.1) is 0 Å². The molecule has 0 spiro atoms. The summed E-state index contributed by atoms with van der Waals surface area (Å²) in [5.74, 6) is -0.0532. The predicted octanol–water partition coefficient (Wildman–Crippen LogP) is 1.88. The third-order valence-electron chi connectivity index (χ3n) is 2.04. The molecule has 2 rings (SSSR count). The Morgan fingerprint density at radius 1 is 1.27 bits per heavy atom. The molecule has 0 bridgehead atoms. The molecule has 0 atom stereocenters. The van der Waals surface area contributed by atoms with Crippen molar-refractivity contribution < 1.29 is 27.2 Å². The van der Waals surface area contributed by atoms with Gasteiger partial charge < -0.3 is 0 Å². The Bertz CT molecular complexity index is 434. The summed E-state index contributed by atoms with van der Waals surface area (Å²) in [7, 11) is 0. The average Bonchev–Trinajstić information content (AvgIpc) is 2.71. The van der Waals surface area contributed by atoms with Crippen LogP contribution in [0.25, 0.3) is 0 Å². The van der Waals surface area contributed by atoms with E-state index < -0.39 is 0 Å². The van der Waals surface area contributed by atoms with Crippen molar-refractivity contribution in [2.45, 2.75) is 6.92 Å². The summed E-state index contributed by atoms with van der Waals surface area (Å²) in [5, 5.41) is 0. The minimum Gasteiger partial charge on any atom is -0.272 e. The van der Waals surface area contributed by atoms with Crippen molar-refractivity contribution in [3.05, 3.63) is 54.1 Å². The summed E-state index contributed by atoms with van der Waals surface area (Å²) in [6.07, 6.45) is 4.73. The number of hydrogen-bond donors (Lipinski definition) is 0. The predicted molar refractivity (Wildman–Crippen MR) is 53.1 cm³/mol. The van der Waals surface area contributed by atoms with Gasteiger partial charge >= 0.3 is 0 Å². The molecule has 1 radical (unpaired) electrons. The fourth-order valence-electron chi connectivity index (χ4n) is 1.22. The van der Waals surface area contributed by atoms with Crippen LogP contribution in [0.3, 0.4) is 0 Å². The molecule has 4 heteroatoms. The SMILES string of the molecule is Cc1ccc(C(=O)n2ccnc2)cc1.[Ag]. The zero-order valence-corrected chi connectivity index (χ0v) is 9.63. The zero-order valence-electron chi connectivity index (χ0n) is 8.15. The van der Waals surface area contributed by atoms with Gasteiger partial charge in [-0.25, -0.2) is 4.98 Å². The molecule has 0 aliphatic carbocycles. The van der Waals surface area contributed by atoms with E-state index in [2.05, 4.69) is 4.98 Å². The fraction of sp³-hybridized carbons (Fsp3) is 0.0909. The Balaban J connectivity index is 0.00000112. The molecule has 1 aromatic heterocycles. The number of nitrogens with zero attached hydrogens (tertiary/aromatic N) is 2. The van der Waals surface area contributed by atoms with Gasteiger partial charge in [-0.1, -0.05) is 17.7 Å². The van der Waals surface area contributed by atoms with E-state index in [1.807, 2.05) is 31.2 Å². The van der Waals surface area contributed by atoms with E-state index in [1.54, 1.807) is 12.4 Å². The average molecular weight is 294 g/mol. The number of benzene rings is 1. The largest absolute Gasteiger partial charge is 0.272 e. The molecule has 0 amide bonds. The van der Waals surface area contributed by atoms with Crippen LogP contribution in [0.4, 0.5) is 0 Å². The van der Waals surface area contributed by atoms with Crippen molar-refractivity contribution in [2.24, 2.45) is 0 Å². The van der Waals surface area contributed by atoms with Crippen LogP contribution in [0.2, 0.25) is 0 Å². The molecule has 0 N–H and O–H groups in total. The van der Waals surface area contributed by atoms with Gasteiger partial charge in [-0.2, -0.15) is 0 Å². The Labute approximate surface area is 104 Å². The van der Waals surface area contributed by atoms with Crippen molar-refractivity contribution >= 4 is 5.91 Å². The smallest absolute Gasteiger partial charge is 0.263 e. The first kappa shape index (κ1) is 11.9. The van der Waals surface area contributed by atoms with E-state index in [1.165, 1.54) is 10.9 Å². The van der Waals surface area contributed by atoms with Gasteiger partial charge in [-0.05, 0) is 19.1 Å². The third kappa shape index (κ3) is 2.65. The van der Waals surface area contributed by atoms with E-state index in [0.29, 0.717) is 5.56 Å². The molecule has 1 heterocycles. The van der Waals surface area contributed by atoms with Crippen LogP contribution in [0.1, 0.15) is 15.9 Å². The molecule has 81 valence electrons. The van der Waals surface area contributed by atoms with Gasteiger partial charge in [-0.3, -0.25) is 9.36 Å². The van der Waals surface area contributed by atoms with Crippen LogP contribution in [-0.4, -0.2) is 15.5 Å². The molecule has 15 heavy (non-hydrogen) atoms. The summed E-state index contributed by atoms with van der Waals surface area (Å²) in [6.45, 7) is 1.99. The first-order valence-electron chi connectivity index (χ1n) is 4.37. The summed E-state index contributed by atoms with van der Waals surface area (Å²) in [5.41, 5.74) is 1.82. The van der Waals surface area contributed by atoms with Crippen molar-refractivity contribution in [1.82, 2.24) is 9.55 Å². The molecular formula is C11H10AgN2O.